The molecule has 4 heteroatoms. The minimum atomic E-state index is 0.257. The van der Waals surface area contributed by atoms with Crippen molar-refractivity contribution in [3.63, 3.8) is 0 Å². The number of nitrogens with zero attached hydrogens (tertiary/aromatic N) is 1. The van der Waals surface area contributed by atoms with Gasteiger partial charge in [0.2, 0.25) is 0 Å². The highest BCUT2D eigenvalue weighted by Crippen LogP contribution is 2.19. The molecule has 1 aromatic rings. The van der Waals surface area contributed by atoms with E-state index in [0.29, 0.717) is 0 Å². The minimum absolute atomic E-state index is 0.257. The molecule has 0 aliphatic carbocycles. The summed E-state index contributed by atoms with van der Waals surface area (Å²) in [6.45, 7) is 0.725. The number of aromatic nitrogens is 1. The van der Waals surface area contributed by atoms with E-state index in [1.165, 1.54) is 0 Å². The molecule has 0 bridgehead atoms. The maximum Gasteiger partial charge on any atom is 0.137 e. The second kappa shape index (κ2) is 6.37. The van der Waals surface area contributed by atoms with E-state index in [1.807, 2.05) is 19.3 Å². The highest BCUT2D eigenvalue weighted by atomic mass is 16.5. The highest BCUT2D eigenvalue weighted by molar-refractivity contribution is 5.25. The van der Waals surface area contributed by atoms with Crippen molar-refractivity contribution in [3.05, 3.63) is 24.0 Å². The van der Waals surface area contributed by atoms with E-state index < -0.39 is 0 Å². The van der Waals surface area contributed by atoms with Crippen LogP contribution < -0.4 is 10.1 Å². The van der Waals surface area contributed by atoms with Gasteiger partial charge in [0.1, 0.15) is 5.75 Å². The fraction of sp³-hybridized carbons (Fsp3) is 0.545. The molecular formula is C11H18N2O2. The van der Waals surface area contributed by atoms with Crippen molar-refractivity contribution in [1.82, 2.24) is 10.3 Å². The number of rotatable bonds is 6. The van der Waals surface area contributed by atoms with Crippen LogP contribution in [-0.4, -0.2) is 32.9 Å². The monoisotopic (exact) mass is 210 g/mol. The first-order valence-electron chi connectivity index (χ1n) is 4.97. The maximum atomic E-state index is 5.13. The Morgan fingerprint density at radius 1 is 1.40 bits per heavy atom. The van der Waals surface area contributed by atoms with Crippen molar-refractivity contribution in [1.29, 1.82) is 0 Å². The first kappa shape index (κ1) is 11.9. The maximum absolute atomic E-state index is 5.13. The predicted octanol–water partition coefficient (Wildman–Crippen LogP) is 1.39. The summed E-state index contributed by atoms with van der Waals surface area (Å²) in [5.74, 6) is 0.783. The van der Waals surface area contributed by atoms with Crippen LogP contribution in [-0.2, 0) is 4.74 Å². The Kier molecular flexibility index (Phi) is 5.07. The van der Waals surface area contributed by atoms with Gasteiger partial charge in [0, 0.05) is 26.0 Å². The van der Waals surface area contributed by atoms with Crippen LogP contribution in [0.5, 0.6) is 5.75 Å². The van der Waals surface area contributed by atoms with Gasteiger partial charge in [-0.05, 0) is 25.1 Å². The molecule has 15 heavy (non-hydrogen) atoms. The Morgan fingerprint density at radius 3 is 2.80 bits per heavy atom. The summed E-state index contributed by atoms with van der Waals surface area (Å²) >= 11 is 0. The molecule has 0 saturated carbocycles. The van der Waals surface area contributed by atoms with Gasteiger partial charge in [-0.2, -0.15) is 0 Å². The molecule has 1 aromatic heterocycles. The first-order chi connectivity index (χ1) is 7.31. The van der Waals surface area contributed by atoms with Gasteiger partial charge < -0.3 is 14.8 Å². The summed E-state index contributed by atoms with van der Waals surface area (Å²) in [7, 11) is 5.28. The number of hydrogen-bond acceptors (Lipinski definition) is 4. The molecule has 0 aliphatic rings. The van der Waals surface area contributed by atoms with Crippen molar-refractivity contribution < 1.29 is 9.47 Å². The minimum Gasteiger partial charge on any atom is -0.495 e. The standard InChI is InChI=1S/C11H18N2O2/c1-12-11(4-5-14-2)9-6-10(15-3)8-13-7-9/h6-8,11-12H,4-5H2,1-3H3. The number of hydrogen-bond donors (Lipinski definition) is 1. The molecule has 1 rings (SSSR count). The van der Waals surface area contributed by atoms with Gasteiger partial charge in [0.25, 0.3) is 0 Å². The van der Waals surface area contributed by atoms with Gasteiger partial charge in [0.05, 0.1) is 13.3 Å². The van der Waals surface area contributed by atoms with Crippen molar-refractivity contribution in [3.8, 4) is 5.75 Å². The average Bonchev–Trinajstić information content (AvgIpc) is 2.30. The SMILES string of the molecule is CNC(CCOC)c1cncc(OC)c1. The third-order valence-electron chi connectivity index (χ3n) is 2.33. The van der Waals surface area contributed by atoms with Gasteiger partial charge in [0.15, 0.2) is 0 Å². The molecule has 4 nitrogen and oxygen atoms in total. The zero-order chi connectivity index (χ0) is 11.1. The van der Waals surface area contributed by atoms with Crippen molar-refractivity contribution in [2.24, 2.45) is 0 Å². The van der Waals surface area contributed by atoms with Crippen molar-refractivity contribution in [2.45, 2.75) is 12.5 Å². The Morgan fingerprint density at radius 2 is 2.20 bits per heavy atom. The molecule has 0 aliphatic heterocycles. The van der Waals surface area contributed by atoms with Gasteiger partial charge in [-0.1, -0.05) is 0 Å². The summed E-state index contributed by atoms with van der Waals surface area (Å²) in [4.78, 5) is 4.13. The van der Waals surface area contributed by atoms with E-state index in [0.717, 1.165) is 24.3 Å². The molecule has 0 radical (unpaired) electrons. The summed E-state index contributed by atoms with van der Waals surface area (Å²) in [6, 6.07) is 2.25. The summed E-state index contributed by atoms with van der Waals surface area (Å²) < 4.78 is 10.2. The van der Waals surface area contributed by atoms with Crippen LogP contribution in [0.15, 0.2) is 18.5 Å². The normalized spacial score (nSPS) is 12.5. The Balaban J connectivity index is 2.72. The molecule has 1 unspecified atom stereocenters. The van der Waals surface area contributed by atoms with Crippen molar-refractivity contribution >= 4 is 0 Å². The molecule has 1 N–H and O–H groups in total. The molecule has 0 saturated heterocycles. The zero-order valence-corrected chi connectivity index (χ0v) is 9.49. The predicted molar refractivity (Wildman–Crippen MR) is 59.1 cm³/mol. The first-order valence-corrected chi connectivity index (χ1v) is 4.97. The van der Waals surface area contributed by atoms with Gasteiger partial charge in [-0.25, -0.2) is 0 Å². The number of nitrogens with one attached hydrogen (secondary N) is 1. The van der Waals surface area contributed by atoms with Crippen LogP contribution >= 0.6 is 0 Å². The largest absolute Gasteiger partial charge is 0.495 e. The van der Waals surface area contributed by atoms with E-state index in [-0.39, 0.29) is 6.04 Å². The third kappa shape index (κ3) is 3.49. The van der Waals surface area contributed by atoms with E-state index in [9.17, 15) is 0 Å². The Hall–Kier alpha value is -1.13. The molecule has 0 aromatic carbocycles. The summed E-state index contributed by atoms with van der Waals surface area (Å²) in [6.07, 6.45) is 4.47. The molecule has 0 fully saturated rings. The van der Waals surface area contributed by atoms with Crippen LogP contribution in [0.1, 0.15) is 18.0 Å². The lowest BCUT2D eigenvalue weighted by Crippen LogP contribution is -2.18. The number of methoxy groups -OCH3 is 2. The van der Waals surface area contributed by atoms with Gasteiger partial charge >= 0.3 is 0 Å². The van der Waals surface area contributed by atoms with E-state index in [2.05, 4.69) is 10.3 Å². The van der Waals surface area contributed by atoms with Gasteiger partial charge in [-0.15, -0.1) is 0 Å². The molecule has 1 atom stereocenters. The lowest BCUT2D eigenvalue weighted by atomic mass is 10.1. The third-order valence-corrected chi connectivity index (χ3v) is 2.33. The van der Waals surface area contributed by atoms with Gasteiger partial charge in [-0.3, -0.25) is 4.98 Å². The number of ether oxygens (including phenoxy) is 2. The quantitative estimate of drug-likeness (QED) is 0.770. The Labute approximate surface area is 90.6 Å². The highest BCUT2D eigenvalue weighted by Gasteiger charge is 2.09. The van der Waals surface area contributed by atoms with Crippen LogP contribution in [0.4, 0.5) is 0 Å². The van der Waals surface area contributed by atoms with E-state index in [4.69, 9.17) is 9.47 Å². The van der Waals surface area contributed by atoms with Crippen LogP contribution in [0.3, 0.4) is 0 Å². The van der Waals surface area contributed by atoms with E-state index in [1.54, 1.807) is 20.4 Å². The van der Waals surface area contributed by atoms with Crippen LogP contribution in [0.25, 0.3) is 0 Å². The second-order valence-electron chi connectivity index (χ2n) is 3.28. The lowest BCUT2D eigenvalue weighted by Gasteiger charge is -2.16. The molecule has 1 heterocycles. The molecule has 0 amide bonds. The number of pyridine rings is 1. The fourth-order valence-corrected chi connectivity index (χ4v) is 1.45. The van der Waals surface area contributed by atoms with Crippen LogP contribution in [0, 0.1) is 0 Å². The van der Waals surface area contributed by atoms with E-state index >= 15 is 0 Å². The van der Waals surface area contributed by atoms with Crippen LogP contribution in [0.2, 0.25) is 0 Å². The Bertz CT molecular complexity index is 292. The topological polar surface area (TPSA) is 43.4 Å². The fourth-order valence-electron chi connectivity index (χ4n) is 1.45. The second-order valence-corrected chi connectivity index (χ2v) is 3.28. The smallest absolute Gasteiger partial charge is 0.137 e. The molecule has 84 valence electrons. The summed E-state index contributed by atoms with van der Waals surface area (Å²) in [5, 5.41) is 3.23. The molecule has 0 spiro atoms. The molecular weight excluding hydrogens is 192 g/mol. The average molecular weight is 210 g/mol. The van der Waals surface area contributed by atoms with Crippen molar-refractivity contribution in [2.75, 3.05) is 27.9 Å². The summed E-state index contributed by atoms with van der Waals surface area (Å²) in [5.41, 5.74) is 1.12. The lowest BCUT2D eigenvalue weighted by molar-refractivity contribution is 0.184. The zero-order valence-electron chi connectivity index (χ0n) is 9.49.